The lowest BCUT2D eigenvalue weighted by Crippen LogP contribution is -2.31. The van der Waals surface area contributed by atoms with Crippen molar-refractivity contribution in [2.75, 3.05) is 0 Å². The molecule has 0 fully saturated rings. The second-order valence-electron chi connectivity index (χ2n) is 4.50. The zero-order valence-corrected chi connectivity index (χ0v) is 11.2. The fourth-order valence-corrected chi connectivity index (χ4v) is 2.05. The normalized spacial score (nSPS) is 11.7. The minimum Gasteiger partial charge on any atom is -0.456 e. The number of aromatic amines is 1. The summed E-state index contributed by atoms with van der Waals surface area (Å²) in [4.78, 5) is 22.0. The summed E-state index contributed by atoms with van der Waals surface area (Å²) in [5, 5.41) is 14.0. The van der Waals surface area contributed by atoms with Crippen molar-refractivity contribution in [1.82, 2.24) is 5.16 Å². The number of hydrogen-bond acceptors (Lipinski definition) is 5. The molecule has 1 N–H and O–H groups in total. The molecule has 0 aliphatic rings. The first-order chi connectivity index (χ1) is 10.6. The van der Waals surface area contributed by atoms with Crippen molar-refractivity contribution < 1.29 is 13.9 Å². The Bertz CT molecular complexity index is 978. The molecule has 22 heavy (non-hydrogen) atoms. The van der Waals surface area contributed by atoms with E-state index in [9.17, 15) is 14.9 Å². The zero-order chi connectivity index (χ0) is 15.7. The minimum absolute atomic E-state index is 0.0533. The average molecular weight is 298 g/mol. The molecule has 0 saturated carbocycles. The van der Waals surface area contributed by atoms with Crippen molar-refractivity contribution in [3.05, 3.63) is 73.3 Å². The van der Waals surface area contributed by atoms with Crippen LogP contribution < -0.4 is 16.2 Å². The van der Waals surface area contributed by atoms with Crippen molar-refractivity contribution >= 4 is 18.3 Å². The molecule has 0 aliphatic heterocycles. The third-order valence-corrected chi connectivity index (χ3v) is 3.09. The van der Waals surface area contributed by atoms with Crippen LogP contribution in [0.15, 0.2) is 50.1 Å². The molecule has 0 bridgehead atoms. The van der Waals surface area contributed by atoms with E-state index < -0.39 is 10.5 Å². The molecule has 7 nitrogen and oxygen atoms in total. The van der Waals surface area contributed by atoms with Crippen LogP contribution in [-0.4, -0.2) is 10.1 Å². The van der Waals surface area contributed by atoms with Gasteiger partial charge in [0.15, 0.2) is 0 Å². The number of rotatable bonds is 3. The van der Waals surface area contributed by atoms with Gasteiger partial charge in [0.1, 0.15) is 11.5 Å². The Kier molecular flexibility index (Phi) is 3.23. The summed E-state index contributed by atoms with van der Waals surface area (Å²) in [7, 11) is 0. The molecule has 0 atom stereocenters. The highest BCUT2D eigenvalue weighted by atomic mass is 16.6. The summed E-state index contributed by atoms with van der Waals surface area (Å²) < 4.78 is 10.2. The molecule has 0 spiro atoms. The first kappa shape index (κ1) is 13.6. The molecular weight excluding hydrogens is 288 g/mol. The summed E-state index contributed by atoms with van der Waals surface area (Å²) in [5.41, 5.74) is -0.251. The summed E-state index contributed by atoms with van der Waals surface area (Å²) in [6.07, 6.45) is 1.46. The monoisotopic (exact) mass is 298 g/mol. The zero-order valence-electron chi connectivity index (χ0n) is 11.2. The molecule has 0 aliphatic carbocycles. The Balaban J connectivity index is 2.10. The van der Waals surface area contributed by atoms with Crippen LogP contribution in [0.4, 0.5) is 5.69 Å². The Morgan fingerprint density at radius 3 is 2.68 bits per heavy atom. The summed E-state index contributed by atoms with van der Waals surface area (Å²) in [5.74, 6) is 0.703. The van der Waals surface area contributed by atoms with E-state index in [0.29, 0.717) is 22.4 Å². The Labute approximate surface area is 122 Å². The van der Waals surface area contributed by atoms with E-state index in [1.165, 1.54) is 12.1 Å². The van der Waals surface area contributed by atoms with Gasteiger partial charge in [-0.05, 0) is 24.3 Å². The van der Waals surface area contributed by atoms with Gasteiger partial charge in [-0.15, -0.1) is 0 Å². The van der Waals surface area contributed by atoms with E-state index in [0.717, 1.165) is 0 Å². The smallest absolute Gasteiger partial charge is 0.365 e. The molecule has 2 heterocycles. The number of hydrogen-bond donors (Lipinski definition) is 1. The molecular formula is C15H10N2O5. The maximum Gasteiger partial charge on any atom is 0.365 e. The van der Waals surface area contributed by atoms with Gasteiger partial charge in [0.2, 0.25) is 0 Å². The number of aromatic nitrogens is 1. The van der Waals surface area contributed by atoms with E-state index in [-0.39, 0.29) is 10.9 Å². The third kappa shape index (κ3) is 2.35. The van der Waals surface area contributed by atoms with Crippen LogP contribution in [0.3, 0.4) is 0 Å². The second-order valence-corrected chi connectivity index (χ2v) is 4.50. The summed E-state index contributed by atoms with van der Waals surface area (Å²) >= 11 is 0. The van der Waals surface area contributed by atoms with Crippen LogP contribution in [-0.2, 0) is 0 Å². The Morgan fingerprint density at radius 2 is 2.00 bits per heavy atom. The van der Waals surface area contributed by atoms with Crippen molar-refractivity contribution in [2.45, 2.75) is 0 Å². The maximum atomic E-state index is 11.5. The highest BCUT2D eigenvalue weighted by molar-refractivity contribution is 5.70. The second kappa shape index (κ2) is 5.21. The number of nitrogens with one attached hydrogen (secondary N) is 1. The fourth-order valence-electron chi connectivity index (χ4n) is 2.05. The van der Waals surface area contributed by atoms with E-state index in [1.54, 1.807) is 30.3 Å². The summed E-state index contributed by atoms with van der Waals surface area (Å²) in [6.45, 7) is 3.63. The molecule has 7 heteroatoms. The molecule has 110 valence electrons. The third-order valence-electron chi connectivity index (χ3n) is 3.09. The lowest BCUT2D eigenvalue weighted by atomic mass is 10.1. The van der Waals surface area contributed by atoms with Gasteiger partial charge in [0.05, 0.1) is 21.1 Å². The molecule has 2 aromatic heterocycles. The van der Waals surface area contributed by atoms with Crippen LogP contribution >= 0.6 is 0 Å². The predicted octanol–water partition coefficient (Wildman–Crippen LogP) is 1.38. The molecule has 3 rings (SSSR count). The van der Waals surface area contributed by atoms with Crippen molar-refractivity contribution in [3.8, 4) is 11.3 Å². The number of para-hydroxylation sites is 1. The largest absolute Gasteiger partial charge is 0.456 e. The average Bonchev–Trinajstić information content (AvgIpc) is 3.09. The quantitative estimate of drug-likeness (QED) is 0.581. The van der Waals surface area contributed by atoms with Gasteiger partial charge in [0.25, 0.3) is 5.69 Å². The Morgan fingerprint density at radius 1 is 1.23 bits per heavy atom. The van der Waals surface area contributed by atoms with Crippen molar-refractivity contribution in [2.24, 2.45) is 0 Å². The summed E-state index contributed by atoms with van der Waals surface area (Å²) in [6, 6.07) is 9.47. The molecule has 0 radical (unpaired) electrons. The van der Waals surface area contributed by atoms with Gasteiger partial charge < -0.3 is 8.94 Å². The maximum absolute atomic E-state index is 11.5. The van der Waals surface area contributed by atoms with Gasteiger partial charge in [-0.25, -0.2) is 9.95 Å². The van der Waals surface area contributed by atoms with Crippen LogP contribution in [0.5, 0.6) is 0 Å². The minimum atomic E-state index is -0.561. The molecule has 1 aromatic carbocycles. The number of nitrogens with zero attached hydrogens (tertiary/aromatic N) is 1. The van der Waals surface area contributed by atoms with Crippen LogP contribution in [0.25, 0.3) is 24.0 Å². The molecule has 0 saturated heterocycles. The van der Waals surface area contributed by atoms with Gasteiger partial charge in [-0.2, -0.15) is 0 Å². The van der Waals surface area contributed by atoms with E-state index in [2.05, 4.69) is 16.3 Å². The predicted molar refractivity (Wildman–Crippen MR) is 78.5 cm³/mol. The van der Waals surface area contributed by atoms with Gasteiger partial charge in [-0.3, -0.25) is 10.1 Å². The standard InChI is InChI=1S/C15H10N2O5/c1-9-12(15(18)22-16-9)8-10-6-7-14(21-10)11-4-2-3-5-13(11)17(19)20/h2-8,16H,1H2. The topological polar surface area (TPSA) is 102 Å². The number of benzene rings is 1. The first-order valence-electron chi connectivity index (χ1n) is 6.28. The van der Waals surface area contributed by atoms with E-state index >= 15 is 0 Å². The lowest BCUT2D eigenvalue weighted by molar-refractivity contribution is -0.384. The van der Waals surface area contributed by atoms with Crippen LogP contribution in [0, 0.1) is 10.1 Å². The number of furan rings is 1. The lowest BCUT2D eigenvalue weighted by Gasteiger charge is -1.98. The molecule has 0 unspecified atom stereocenters. The first-order valence-corrected chi connectivity index (χ1v) is 6.28. The van der Waals surface area contributed by atoms with Gasteiger partial charge >= 0.3 is 5.63 Å². The highest BCUT2D eigenvalue weighted by Gasteiger charge is 2.16. The fraction of sp³-hybridized carbons (Fsp3) is 0. The van der Waals surface area contributed by atoms with Crippen molar-refractivity contribution in [1.29, 1.82) is 0 Å². The van der Waals surface area contributed by atoms with Crippen molar-refractivity contribution in [3.63, 3.8) is 0 Å². The SMILES string of the molecule is C=c1[nH]oc(=O)c1=Cc1ccc(-c2ccccc2[N+](=O)[O-])o1. The number of nitro groups is 1. The van der Waals surface area contributed by atoms with Gasteiger partial charge in [0, 0.05) is 6.07 Å². The number of H-pyrrole nitrogens is 1. The van der Waals surface area contributed by atoms with Crippen LogP contribution in [0.1, 0.15) is 5.76 Å². The van der Waals surface area contributed by atoms with E-state index in [1.807, 2.05) is 0 Å². The van der Waals surface area contributed by atoms with E-state index in [4.69, 9.17) is 4.42 Å². The van der Waals surface area contributed by atoms with Crippen LogP contribution in [0.2, 0.25) is 0 Å². The highest BCUT2D eigenvalue weighted by Crippen LogP contribution is 2.30. The van der Waals surface area contributed by atoms with Gasteiger partial charge in [-0.1, -0.05) is 18.7 Å². The molecule has 3 aromatic rings. The number of nitro benzene ring substituents is 1. The Hall–Kier alpha value is -3.35. The molecule has 0 amide bonds.